The van der Waals surface area contributed by atoms with E-state index in [0.717, 1.165) is 5.69 Å². The standard InChI is InChI=1S/C16H25N2O8P/c1-9(17-2)18-10-3-5-11(6-4-10)25-16-15(21)14(20)13(19)12(26-16)7-8-27(22,23)24/h3-6,12-21H,1,7-8H2,2H3,(H2,22,23,24)/t12-,13-,14+,15+,16+/m1/s1. The highest BCUT2D eigenvalue weighted by Gasteiger charge is 2.45. The largest absolute Gasteiger partial charge is 0.462 e. The van der Waals surface area contributed by atoms with Crippen LogP contribution in [0.25, 0.3) is 0 Å². The highest BCUT2D eigenvalue weighted by molar-refractivity contribution is 7.51. The summed E-state index contributed by atoms with van der Waals surface area (Å²) in [7, 11) is -2.58. The first-order valence-corrected chi connectivity index (χ1v) is 10.0. The van der Waals surface area contributed by atoms with Crippen LogP contribution in [0.2, 0.25) is 0 Å². The molecular weight excluding hydrogens is 379 g/mol. The first-order valence-electron chi connectivity index (χ1n) is 8.25. The van der Waals surface area contributed by atoms with Crippen molar-refractivity contribution in [3.63, 3.8) is 0 Å². The Morgan fingerprint density at radius 1 is 1.19 bits per heavy atom. The van der Waals surface area contributed by atoms with Gasteiger partial charge in [-0.1, -0.05) is 6.58 Å². The van der Waals surface area contributed by atoms with Crippen molar-refractivity contribution in [3.05, 3.63) is 36.7 Å². The number of ether oxygens (including phenoxy) is 2. The summed E-state index contributed by atoms with van der Waals surface area (Å²) in [5.41, 5.74) is 0.738. The first kappa shape index (κ1) is 21.6. The Morgan fingerprint density at radius 2 is 1.81 bits per heavy atom. The molecule has 1 fully saturated rings. The molecule has 0 spiro atoms. The van der Waals surface area contributed by atoms with Crippen LogP contribution in [-0.2, 0) is 9.30 Å². The molecule has 7 N–H and O–H groups in total. The third kappa shape index (κ3) is 6.18. The van der Waals surface area contributed by atoms with E-state index in [1.807, 2.05) is 0 Å². The van der Waals surface area contributed by atoms with Crippen LogP contribution in [-0.4, -0.2) is 69.0 Å². The van der Waals surface area contributed by atoms with E-state index < -0.39 is 44.5 Å². The number of aliphatic hydroxyl groups is 3. The van der Waals surface area contributed by atoms with Crippen molar-refractivity contribution in [1.82, 2.24) is 5.32 Å². The third-order valence-electron chi connectivity index (χ3n) is 4.08. The van der Waals surface area contributed by atoms with E-state index in [1.165, 1.54) is 0 Å². The van der Waals surface area contributed by atoms with Crippen LogP contribution in [0.1, 0.15) is 6.42 Å². The maximum absolute atomic E-state index is 11.0. The van der Waals surface area contributed by atoms with E-state index in [9.17, 15) is 19.9 Å². The van der Waals surface area contributed by atoms with Crippen molar-refractivity contribution < 1.29 is 39.1 Å². The van der Waals surface area contributed by atoms with Crippen molar-refractivity contribution in [2.24, 2.45) is 0 Å². The fourth-order valence-electron chi connectivity index (χ4n) is 2.54. The number of aliphatic hydroxyl groups excluding tert-OH is 3. The molecule has 11 heteroatoms. The van der Waals surface area contributed by atoms with Gasteiger partial charge in [0.25, 0.3) is 0 Å². The van der Waals surface area contributed by atoms with Crippen molar-refractivity contribution in [2.75, 3.05) is 18.5 Å². The van der Waals surface area contributed by atoms with Gasteiger partial charge < -0.3 is 45.2 Å². The van der Waals surface area contributed by atoms with Crippen LogP contribution in [0.5, 0.6) is 5.75 Å². The number of rotatable bonds is 8. The molecule has 1 aromatic rings. The summed E-state index contributed by atoms with van der Waals surface area (Å²) >= 11 is 0. The molecule has 0 aliphatic carbocycles. The zero-order chi connectivity index (χ0) is 20.2. The topological polar surface area (TPSA) is 161 Å². The number of anilines is 1. The predicted molar refractivity (Wildman–Crippen MR) is 97.1 cm³/mol. The van der Waals surface area contributed by atoms with E-state index in [0.29, 0.717) is 11.6 Å². The van der Waals surface area contributed by atoms with Crippen molar-refractivity contribution in [1.29, 1.82) is 0 Å². The van der Waals surface area contributed by atoms with Gasteiger partial charge in [-0.05, 0) is 30.7 Å². The van der Waals surface area contributed by atoms with Gasteiger partial charge in [0, 0.05) is 12.7 Å². The molecule has 0 radical (unpaired) electrons. The normalized spacial score (nSPS) is 28.4. The average Bonchev–Trinajstić information content (AvgIpc) is 2.61. The highest BCUT2D eigenvalue weighted by atomic mass is 31.2. The summed E-state index contributed by atoms with van der Waals surface area (Å²) < 4.78 is 22.0. The van der Waals surface area contributed by atoms with Gasteiger partial charge in [0.15, 0.2) is 0 Å². The SMILES string of the molecule is C=C(NC)Nc1ccc(O[C@H]2O[C@H](CCP(=O)(O)O)[C@@H](O)[C@H](O)[C@@H]2O)cc1. The second kappa shape index (κ2) is 9.03. The quantitative estimate of drug-likeness (QED) is 0.283. The molecule has 5 atom stereocenters. The molecule has 0 bridgehead atoms. The molecule has 1 aliphatic heterocycles. The van der Waals surface area contributed by atoms with Gasteiger partial charge in [-0.2, -0.15) is 0 Å². The zero-order valence-electron chi connectivity index (χ0n) is 14.7. The minimum absolute atomic E-state index is 0.204. The fraction of sp³-hybridized carbons (Fsp3) is 0.500. The molecule has 1 saturated heterocycles. The molecule has 152 valence electrons. The highest BCUT2D eigenvalue weighted by Crippen LogP contribution is 2.37. The van der Waals surface area contributed by atoms with Gasteiger partial charge >= 0.3 is 7.60 Å². The van der Waals surface area contributed by atoms with Crippen LogP contribution in [0.15, 0.2) is 36.7 Å². The van der Waals surface area contributed by atoms with E-state index in [4.69, 9.17) is 19.3 Å². The smallest absolute Gasteiger partial charge is 0.325 e. The van der Waals surface area contributed by atoms with Crippen LogP contribution in [0, 0.1) is 0 Å². The maximum atomic E-state index is 11.0. The minimum Gasteiger partial charge on any atom is -0.462 e. The number of nitrogens with one attached hydrogen (secondary N) is 2. The lowest BCUT2D eigenvalue weighted by atomic mass is 9.97. The van der Waals surface area contributed by atoms with E-state index >= 15 is 0 Å². The summed E-state index contributed by atoms with van der Waals surface area (Å²) in [6.07, 6.45) is -7.74. The Kier molecular flexibility index (Phi) is 7.24. The lowest BCUT2D eigenvalue weighted by Gasteiger charge is -2.40. The first-order chi connectivity index (χ1) is 12.6. The third-order valence-corrected chi connectivity index (χ3v) is 4.92. The summed E-state index contributed by atoms with van der Waals surface area (Å²) in [6, 6.07) is 6.60. The number of hydrogen-bond donors (Lipinski definition) is 7. The minimum atomic E-state index is -4.30. The molecule has 0 amide bonds. The molecule has 0 unspecified atom stereocenters. The second-order valence-corrected chi connectivity index (χ2v) is 7.96. The molecule has 0 aromatic heterocycles. The predicted octanol–water partition coefficient (Wildman–Crippen LogP) is -0.457. The average molecular weight is 404 g/mol. The summed E-state index contributed by atoms with van der Waals surface area (Å²) in [6.45, 7) is 3.74. The van der Waals surface area contributed by atoms with Gasteiger partial charge in [0.05, 0.1) is 18.1 Å². The lowest BCUT2D eigenvalue weighted by molar-refractivity contribution is -0.272. The molecule has 1 aliphatic rings. The van der Waals surface area contributed by atoms with Gasteiger partial charge in [-0.15, -0.1) is 0 Å². The van der Waals surface area contributed by atoms with Gasteiger partial charge in [-0.3, -0.25) is 4.57 Å². The van der Waals surface area contributed by atoms with Gasteiger partial charge in [0.2, 0.25) is 6.29 Å². The zero-order valence-corrected chi connectivity index (χ0v) is 15.6. The van der Waals surface area contributed by atoms with Gasteiger partial charge in [0.1, 0.15) is 24.1 Å². The Hall–Kier alpha value is -1.65. The molecule has 27 heavy (non-hydrogen) atoms. The van der Waals surface area contributed by atoms with Crippen LogP contribution >= 0.6 is 7.60 Å². The van der Waals surface area contributed by atoms with Gasteiger partial charge in [-0.25, -0.2) is 0 Å². The molecule has 1 aromatic carbocycles. The van der Waals surface area contributed by atoms with Crippen molar-refractivity contribution >= 4 is 13.3 Å². The van der Waals surface area contributed by atoms with Crippen LogP contribution in [0.4, 0.5) is 5.69 Å². The molecule has 10 nitrogen and oxygen atoms in total. The molecular formula is C16H25N2O8P. The maximum Gasteiger partial charge on any atom is 0.325 e. The fourth-order valence-corrected chi connectivity index (χ4v) is 3.13. The molecule has 0 saturated carbocycles. The summed E-state index contributed by atoms with van der Waals surface area (Å²) in [5.74, 6) is 0.928. The Bertz CT molecular complexity index is 680. The lowest BCUT2D eigenvalue weighted by Crippen LogP contribution is -2.59. The Labute approximate surface area is 156 Å². The van der Waals surface area contributed by atoms with Crippen LogP contribution < -0.4 is 15.4 Å². The van der Waals surface area contributed by atoms with Crippen molar-refractivity contribution in [3.8, 4) is 5.75 Å². The Morgan fingerprint density at radius 3 is 2.37 bits per heavy atom. The summed E-state index contributed by atoms with van der Waals surface area (Å²) in [4.78, 5) is 17.9. The monoisotopic (exact) mass is 404 g/mol. The van der Waals surface area contributed by atoms with E-state index in [1.54, 1.807) is 31.3 Å². The second-order valence-electron chi connectivity index (χ2n) is 6.19. The molecule has 2 rings (SSSR count). The van der Waals surface area contributed by atoms with E-state index in [-0.39, 0.29) is 6.42 Å². The number of benzene rings is 1. The van der Waals surface area contributed by atoms with Crippen LogP contribution in [0.3, 0.4) is 0 Å². The molecule has 1 heterocycles. The summed E-state index contributed by atoms with van der Waals surface area (Å²) in [5, 5.41) is 35.9. The number of hydrogen-bond acceptors (Lipinski definition) is 8. The van der Waals surface area contributed by atoms with Crippen molar-refractivity contribution in [2.45, 2.75) is 37.1 Å². The van der Waals surface area contributed by atoms with E-state index in [2.05, 4.69) is 17.2 Å². The Balaban J connectivity index is 2.03.